The minimum atomic E-state index is -2.28. The Balaban J connectivity index is 1.12. The molecule has 0 radical (unpaired) electrons. The first-order valence-electron chi connectivity index (χ1n) is 29.9. The highest BCUT2D eigenvalue weighted by Gasteiger charge is 2.61. The van der Waals surface area contributed by atoms with E-state index in [9.17, 15) is 122 Å². The highest BCUT2D eigenvalue weighted by Crippen LogP contribution is 2.40. The van der Waals surface area contributed by atoms with Gasteiger partial charge in [0.15, 0.2) is 50.3 Å². The second-order valence-corrected chi connectivity index (χ2v) is 23.8. The first kappa shape index (κ1) is 76.2. The second-order valence-electron chi connectivity index (χ2n) is 23.8. The Bertz CT molecular complexity index is 2350. The molecule has 8 saturated heterocycles. The molecule has 0 aliphatic carbocycles. The molecular weight excluding hydrogens is 1280 g/mol. The first-order valence-corrected chi connectivity index (χ1v) is 29.9. The standard InChI is InChI=1S/C52H88N2O39/c1-11-23(63)30(70)35(75)48(79-11)92-43-32(72)25(65)15(5-55)84-51(43)89-40-22(54-14(4)62)47(82-16(6-56)26(40)66)91-42-28(68)18(8-58)85-52(44(42)93-49-36(76)31(71)24(64)12(2)80-49)88-38-20(10-60)86-46(21(29(38)69)53-13(3)61)90-41-27(67)17(7-57)83-50(37(41)77)87-39-19(9-59)81-45(78)34(74)33(39)73/h11-12,15-52,55-60,63-78H,5-10H2,1-4H3,(H,53,61)(H,54,62)/t11-,12-,15+,16+,17+,18+,19+,20+,21+,22+,23+,24+,25-,26-,27-,28-,29+,30+,31+,32-,33+,34+,35-,36-,37+,38+,39+,40+,41-,42-,43+,44+,45+,46-,47+,48-,49-,50-,51-,52-/m0/s1. The number of ether oxygens (including phenoxy) is 15. The van der Waals surface area contributed by atoms with Crippen LogP contribution in [0.1, 0.15) is 27.7 Å². The maximum absolute atomic E-state index is 13.2. The molecule has 0 spiro atoms. The van der Waals surface area contributed by atoms with E-state index in [2.05, 4.69) is 10.6 Å². The van der Waals surface area contributed by atoms with Crippen molar-refractivity contribution in [1.82, 2.24) is 10.6 Å². The molecule has 0 bridgehead atoms. The number of carbonyl (C=O) groups excluding carboxylic acids is 2. The summed E-state index contributed by atoms with van der Waals surface area (Å²) >= 11 is 0. The smallest absolute Gasteiger partial charge is 0.217 e. The zero-order chi connectivity index (χ0) is 68.5. The first-order chi connectivity index (χ1) is 43.9. The lowest BCUT2D eigenvalue weighted by molar-refractivity contribution is -0.406. The Hall–Kier alpha value is -2.54. The van der Waals surface area contributed by atoms with Crippen LogP contribution in [0.5, 0.6) is 0 Å². The minimum absolute atomic E-state index is 0.936. The number of aliphatic hydroxyl groups excluding tert-OH is 22. The molecule has 8 aliphatic rings. The van der Waals surface area contributed by atoms with Gasteiger partial charge in [0.1, 0.15) is 183 Å². The Morgan fingerprint density at radius 3 is 1.13 bits per heavy atom. The topological polar surface area (TPSA) is 642 Å². The van der Waals surface area contributed by atoms with Gasteiger partial charge in [-0.1, -0.05) is 0 Å². The molecule has 8 heterocycles. The third-order valence-corrected chi connectivity index (χ3v) is 17.4. The maximum atomic E-state index is 13.2. The van der Waals surface area contributed by atoms with Crippen LogP contribution in [0, 0.1) is 0 Å². The van der Waals surface area contributed by atoms with Gasteiger partial charge in [-0.25, -0.2) is 0 Å². The van der Waals surface area contributed by atoms with Gasteiger partial charge in [0.2, 0.25) is 11.8 Å². The third-order valence-electron chi connectivity index (χ3n) is 17.4. The fraction of sp³-hybridized carbons (Fsp3) is 0.962. The molecule has 0 saturated carbocycles. The van der Waals surface area contributed by atoms with Crippen molar-refractivity contribution in [3.05, 3.63) is 0 Å². The number of hydrogen-bond donors (Lipinski definition) is 24. The fourth-order valence-electron chi connectivity index (χ4n) is 12.1. The van der Waals surface area contributed by atoms with E-state index >= 15 is 0 Å². The predicted molar refractivity (Wildman–Crippen MR) is 285 cm³/mol. The number of aliphatic hydroxyl groups is 22. The summed E-state index contributed by atoms with van der Waals surface area (Å²) in [5.74, 6) is -1.89. The van der Waals surface area contributed by atoms with Crippen molar-refractivity contribution < 1.29 is 193 Å². The summed E-state index contributed by atoms with van der Waals surface area (Å²) in [5, 5.41) is 246. The number of rotatable bonds is 22. The molecule has 41 heteroatoms. The summed E-state index contributed by atoms with van der Waals surface area (Å²) in [7, 11) is 0. The maximum Gasteiger partial charge on any atom is 0.217 e. The summed E-state index contributed by atoms with van der Waals surface area (Å²) in [6, 6.07) is -3.89. The van der Waals surface area contributed by atoms with Crippen molar-refractivity contribution in [3.8, 4) is 0 Å². The van der Waals surface area contributed by atoms with E-state index in [4.69, 9.17) is 71.1 Å². The number of hydrogen-bond acceptors (Lipinski definition) is 39. The molecule has 24 N–H and O–H groups in total. The largest absolute Gasteiger partial charge is 0.394 e. The number of nitrogens with one attached hydrogen (secondary N) is 2. The molecule has 93 heavy (non-hydrogen) atoms. The van der Waals surface area contributed by atoms with Gasteiger partial charge >= 0.3 is 0 Å². The van der Waals surface area contributed by atoms with Crippen molar-refractivity contribution in [2.45, 2.75) is 273 Å². The second kappa shape index (κ2) is 32.6. The molecule has 41 nitrogen and oxygen atoms in total. The minimum Gasteiger partial charge on any atom is -0.394 e. The van der Waals surface area contributed by atoms with Gasteiger partial charge in [0, 0.05) is 13.8 Å². The zero-order valence-electron chi connectivity index (χ0n) is 50.1. The van der Waals surface area contributed by atoms with Crippen molar-refractivity contribution in [2.24, 2.45) is 0 Å². The molecular formula is C52H88N2O39. The Morgan fingerprint density at radius 1 is 0.280 bits per heavy atom. The normalized spacial score (nSPS) is 51.6. The van der Waals surface area contributed by atoms with E-state index in [-0.39, 0.29) is 0 Å². The summed E-state index contributed by atoms with van der Waals surface area (Å²) < 4.78 is 88.5. The fourth-order valence-corrected chi connectivity index (χ4v) is 12.1. The number of carbonyl (C=O) groups is 2. The Morgan fingerprint density at radius 2 is 0.613 bits per heavy atom. The van der Waals surface area contributed by atoms with Crippen LogP contribution in [0.4, 0.5) is 0 Å². The van der Waals surface area contributed by atoms with Gasteiger partial charge in [-0.3, -0.25) is 9.59 Å². The van der Waals surface area contributed by atoms with Crippen LogP contribution in [-0.4, -0.2) is 409 Å². The average molecular weight is 1370 g/mol. The molecule has 8 rings (SSSR count). The molecule has 8 aliphatic heterocycles. The highest BCUT2D eigenvalue weighted by atomic mass is 16.8. The van der Waals surface area contributed by atoms with Crippen LogP contribution in [0.25, 0.3) is 0 Å². The van der Waals surface area contributed by atoms with Crippen LogP contribution in [0.15, 0.2) is 0 Å². The summed E-state index contributed by atoms with van der Waals surface area (Å²) in [6.07, 6.45) is -75.2. The molecule has 0 unspecified atom stereocenters. The van der Waals surface area contributed by atoms with Crippen molar-refractivity contribution in [1.29, 1.82) is 0 Å². The molecule has 2 amide bonds. The Labute approximate surface area is 527 Å². The zero-order valence-corrected chi connectivity index (χ0v) is 50.1. The van der Waals surface area contributed by atoms with E-state index < -0.39 is 297 Å². The van der Waals surface area contributed by atoms with Crippen LogP contribution >= 0.6 is 0 Å². The lowest BCUT2D eigenvalue weighted by Gasteiger charge is -2.52. The molecule has 0 aromatic heterocycles. The van der Waals surface area contributed by atoms with Gasteiger partial charge < -0.3 is 194 Å². The van der Waals surface area contributed by atoms with Crippen molar-refractivity contribution >= 4 is 11.8 Å². The van der Waals surface area contributed by atoms with Crippen LogP contribution in [0.3, 0.4) is 0 Å². The Kier molecular flexibility index (Phi) is 26.7. The lowest BCUT2D eigenvalue weighted by Crippen LogP contribution is -2.71. The molecule has 0 aromatic rings. The quantitative estimate of drug-likeness (QED) is 0.0479. The van der Waals surface area contributed by atoms with E-state index in [1.807, 2.05) is 0 Å². The van der Waals surface area contributed by atoms with Gasteiger partial charge in [0.25, 0.3) is 0 Å². The molecule has 40 atom stereocenters. The van der Waals surface area contributed by atoms with Crippen LogP contribution in [0.2, 0.25) is 0 Å². The van der Waals surface area contributed by atoms with Gasteiger partial charge in [-0.15, -0.1) is 0 Å². The predicted octanol–water partition coefficient (Wildman–Crippen LogP) is -16.1. The lowest BCUT2D eigenvalue weighted by atomic mass is 9.93. The van der Waals surface area contributed by atoms with Crippen LogP contribution in [-0.2, 0) is 80.6 Å². The average Bonchev–Trinajstić information content (AvgIpc) is 0.797. The summed E-state index contributed by atoms with van der Waals surface area (Å²) in [6.45, 7) is -2.04. The van der Waals surface area contributed by atoms with E-state index in [1.165, 1.54) is 13.8 Å². The van der Waals surface area contributed by atoms with E-state index in [1.54, 1.807) is 0 Å². The van der Waals surface area contributed by atoms with Crippen LogP contribution < -0.4 is 10.6 Å². The molecule has 0 aromatic carbocycles. The van der Waals surface area contributed by atoms with Crippen molar-refractivity contribution in [2.75, 3.05) is 39.6 Å². The molecule has 540 valence electrons. The van der Waals surface area contributed by atoms with Gasteiger partial charge in [-0.05, 0) is 13.8 Å². The van der Waals surface area contributed by atoms with E-state index in [0.29, 0.717) is 0 Å². The van der Waals surface area contributed by atoms with E-state index in [0.717, 1.165) is 13.8 Å². The SMILES string of the molecule is CC(=O)N[C@H]1[C@H](O[C@H]2[C@@H](O)[C@@H](CO)O[C@@H](O[C@H]3[C@H](O)[C@@H](O)[C@H](O)O[C@@H]3CO)[C@@H]2O)O[C@H](CO)[C@@H](O[C@@H]2O[C@H](CO)[C@H](O)[C@H](O[C@H]3O[C@H](CO)[C@H](O)[C@H](O[C@@H]4O[C@H](CO)[C@H](O)[C@H](O)[C@H]4O[C@@H]4O[C@@H](C)[C@@H](O)[C@@H](O)[C@@H]4O)[C@H]3NC(C)=O)[C@H]2O[C@@H]2O[C@@H](C)[C@@H](O)[C@@H](O)[C@@H]2O)[C@@H]1O. The summed E-state index contributed by atoms with van der Waals surface area (Å²) in [4.78, 5) is 26.2. The molecule has 8 fully saturated rings. The number of amides is 2. The third kappa shape index (κ3) is 16.2. The highest BCUT2D eigenvalue weighted by molar-refractivity contribution is 5.73. The monoisotopic (exact) mass is 1360 g/mol. The summed E-state index contributed by atoms with van der Waals surface area (Å²) in [5.41, 5.74) is 0. The van der Waals surface area contributed by atoms with Gasteiger partial charge in [-0.2, -0.15) is 0 Å². The van der Waals surface area contributed by atoms with Crippen molar-refractivity contribution in [3.63, 3.8) is 0 Å². The van der Waals surface area contributed by atoms with Gasteiger partial charge in [0.05, 0.1) is 51.8 Å².